The third-order valence-corrected chi connectivity index (χ3v) is 2.25. The second-order valence-electron chi connectivity index (χ2n) is 2.64. The molecule has 0 unspecified atom stereocenters. The smallest absolute Gasteiger partial charge is 0.258 e. The molecule has 1 heterocycles. The van der Waals surface area contributed by atoms with Gasteiger partial charge in [-0.25, -0.2) is 4.98 Å². The Bertz CT molecular complexity index is 357. The predicted octanol–water partition coefficient (Wildman–Crippen LogP) is 0.957. The average molecular weight is 227 g/mol. The molecule has 5 nitrogen and oxygen atoms in total. The maximum Gasteiger partial charge on any atom is 0.258 e. The van der Waals surface area contributed by atoms with E-state index in [2.05, 4.69) is 15.3 Å². The fourth-order valence-corrected chi connectivity index (χ4v) is 1.35. The lowest BCUT2D eigenvalue weighted by Crippen LogP contribution is -2.23. The standard InChI is InChI=1S/C9H13N3O2S/c1-4-10-7(13)6-5-11-9(15-3)12-8(6)14-2/h5H,4H2,1-3H3,(H,10,13). The molecular formula is C9H13N3O2S. The quantitative estimate of drug-likeness (QED) is 0.613. The molecule has 0 saturated carbocycles. The number of hydrogen-bond donors (Lipinski definition) is 1. The first-order chi connectivity index (χ1) is 7.22. The van der Waals surface area contributed by atoms with Gasteiger partial charge in [0.2, 0.25) is 5.88 Å². The number of hydrogen-bond acceptors (Lipinski definition) is 5. The summed E-state index contributed by atoms with van der Waals surface area (Å²) < 4.78 is 5.03. The van der Waals surface area contributed by atoms with Gasteiger partial charge in [-0.05, 0) is 13.2 Å². The molecule has 0 aliphatic rings. The zero-order valence-electron chi connectivity index (χ0n) is 8.90. The van der Waals surface area contributed by atoms with E-state index < -0.39 is 0 Å². The van der Waals surface area contributed by atoms with E-state index in [-0.39, 0.29) is 5.91 Å². The molecule has 15 heavy (non-hydrogen) atoms. The first-order valence-corrected chi connectivity index (χ1v) is 5.68. The molecule has 0 fully saturated rings. The largest absolute Gasteiger partial charge is 0.480 e. The van der Waals surface area contributed by atoms with E-state index in [1.54, 1.807) is 0 Å². The highest BCUT2D eigenvalue weighted by Gasteiger charge is 2.14. The van der Waals surface area contributed by atoms with Crippen molar-refractivity contribution < 1.29 is 9.53 Å². The van der Waals surface area contributed by atoms with Gasteiger partial charge in [0.15, 0.2) is 5.16 Å². The van der Waals surface area contributed by atoms with Gasteiger partial charge in [0.1, 0.15) is 5.56 Å². The van der Waals surface area contributed by atoms with Gasteiger partial charge < -0.3 is 10.1 Å². The Kier molecular flexibility index (Phi) is 4.36. The third-order valence-electron chi connectivity index (χ3n) is 1.69. The van der Waals surface area contributed by atoms with E-state index in [1.807, 2.05) is 13.2 Å². The molecule has 0 radical (unpaired) electrons. The van der Waals surface area contributed by atoms with E-state index in [0.717, 1.165) is 0 Å². The van der Waals surface area contributed by atoms with Gasteiger partial charge >= 0.3 is 0 Å². The van der Waals surface area contributed by atoms with E-state index in [1.165, 1.54) is 25.1 Å². The number of nitrogens with zero attached hydrogens (tertiary/aromatic N) is 2. The summed E-state index contributed by atoms with van der Waals surface area (Å²) in [4.78, 5) is 19.6. The number of ether oxygens (including phenoxy) is 1. The lowest BCUT2D eigenvalue weighted by Gasteiger charge is -2.07. The van der Waals surface area contributed by atoms with Gasteiger partial charge in [-0.2, -0.15) is 4.98 Å². The van der Waals surface area contributed by atoms with Crippen LogP contribution in [0.3, 0.4) is 0 Å². The zero-order valence-corrected chi connectivity index (χ0v) is 9.72. The Morgan fingerprint density at radius 1 is 1.67 bits per heavy atom. The molecule has 0 aromatic carbocycles. The van der Waals surface area contributed by atoms with Gasteiger partial charge in [0.25, 0.3) is 5.91 Å². The van der Waals surface area contributed by atoms with E-state index in [4.69, 9.17) is 4.74 Å². The molecular weight excluding hydrogens is 214 g/mol. The van der Waals surface area contributed by atoms with Crippen molar-refractivity contribution >= 4 is 17.7 Å². The van der Waals surface area contributed by atoms with Gasteiger partial charge in [-0.15, -0.1) is 0 Å². The second-order valence-corrected chi connectivity index (χ2v) is 3.41. The number of thioether (sulfide) groups is 1. The fourth-order valence-electron chi connectivity index (χ4n) is 1.02. The number of rotatable bonds is 4. The molecule has 0 bridgehead atoms. The molecule has 0 spiro atoms. The summed E-state index contributed by atoms with van der Waals surface area (Å²) in [5.41, 5.74) is 0.358. The summed E-state index contributed by atoms with van der Waals surface area (Å²) in [5, 5.41) is 3.25. The minimum absolute atomic E-state index is 0.220. The molecule has 0 aliphatic carbocycles. The highest BCUT2D eigenvalue weighted by molar-refractivity contribution is 7.98. The lowest BCUT2D eigenvalue weighted by atomic mass is 10.3. The Hall–Kier alpha value is -1.30. The third kappa shape index (κ3) is 2.82. The van der Waals surface area contributed by atoms with Crippen molar-refractivity contribution in [2.75, 3.05) is 19.9 Å². The van der Waals surface area contributed by atoms with E-state index >= 15 is 0 Å². The predicted molar refractivity (Wildman–Crippen MR) is 58.4 cm³/mol. The van der Waals surface area contributed by atoms with Crippen LogP contribution in [0.2, 0.25) is 0 Å². The Balaban J connectivity index is 3.02. The van der Waals surface area contributed by atoms with Crippen LogP contribution in [0.4, 0.5) is 0 Å². The van der Waals surface area contributed by atoms with E-state index in [0.29, 0.717) is 23.1 Å². The molecule has 0 atom stereocenters. The zero-order chi connectivity index (χ0) is 11.3. The van der Waals surface area contributed by atoms with Crippen LogP contribution in [0.1, 0.15) is 17.3 Å². The van der Waals surface area contributed by atoms with E-state index in [9.17, 15) is 4.79 Å². The SMILES string of the molecule is CCNC(=O)c1cnc(SC)nc1OC. The Morgan fingerprint density at radius 3 is 2.93 bits per heavy atom. The molecule has 0 saturated heterocycles. The topological polar surface area (TPSA) is 64.1 Å². The lowest BCUT2D eigenvalue weighted by molar-refractivity contribution is 0.0951. The van der Waals surface area contributed by atoms with Gasteiger partial charge in [-0.3, -0.25) is 4.79 Å². The number of carbonyl (C=O) groups excluding carboxylic acids is 1. The molecule has 1 aromatic rings. The molecule has 1 amide bonds. The summed E-state index contributed by atoms with van der Waals surface area (Å²) in [6, 6.07) is 0. The Morgan fingerprint density at radius 2 is 2.40 bits per heavy atom. The maximum absolute atomic E-state index is 11.5. The number of carbonyl (C=O) groups is 1. The van der Waals surface area contributed by atoms with Crippen LogP contribution < -0.4 is 10.1 Å². The van der Waals surface area contributed by atoms with Crippen molar-refractivity contribution in [1.82, 2.24) is 15.3 Å². The van der Waals surface area contributed by atoms with Crippen molar-refractivity contribution in [1.29, 1.82) is 0 Å². The minimum Gasteiger partial charge on any atom is -0.480 e. The van der Waals surface area contributed by atoms with Crippen LogP contribution in [0.25, 0.3) is 0 Å². The maximum atomic E-state index is 11.5. The van der Waals surface area contributed by atoms with Crippen molar-refractivity contribution in [2.45, 2.75) is 12.1 Å². The summed E-state index contributed by atoms with van der Waals surface area (Å²) in [5.74, 6) is 0.0855. The first-order valence-electron chi connectivity index (χ1n) is 4.46. The first kappa shape index (κ1) is 11.8. The van der Waals surface area contributed by atoms with Crippen LogP contribution in [0, 0.1) is 0 Å². The van der Waals surface area contributed by atoms with Crippen molar-refractivity contribution in [2.24, 2.45) is 0 Å². The molecule has 0 aliphatic heterocycles. The summed E-state index contributed by atoms with van der Waals surface area (Å²) in [6.07, 6.45) is 3.34. The normalized spacial score (nSPS) is 9.80. The number of amides is 1. The van der Waals surface area contributed by atoms with Crippen LogP contribution in [0.15, 0.2) is 11.4 Å². The van der Waals surface area contributed by atoms with Crippen LogP contribution in [-0.4, -0.2) is 35.8 Å². The summed E-state index contributed by atoms with van der Waals surface area (Å²) in [6.45, 7) is 2.41. The summed E-state index contributed by atoms with van der Waals surface area (Å²) >= 11 is 1.40. The average Bonchev–Trinajstić information content (AvgIpc) is 2.28. The van der Waals surface area contributed by atoms with Gasteiger partial charge in [0.05, 0.1) is 7.11 Å². The van der Waals surface area contributed by atoms with Crippen LogP contribution >= 0.6 is 11.8 Å². The van der Waals surface area contributed by atoms with Gasteiger partial charge in [0, 0.05) is 12.7 Å². The van der Waals surface area contributed by atoms with Crippen LogP contribution in [0.5, 0.6) is 5.88 Å². The summed E-state index contributed by atoms with van der Waals surface area (Å²) in [7, 11) is 1.48. The fraction of sp³-hybridized carbons (Fsp3) is 0.444. The molecule has 6 heteroatoms. The molecule has 1 rings (SSSR count). The van der Waals surface area contributed by atoms with Crippen molar-refractivity contribution in [3.8, 4) is 5.88 Å². The number of nitrogens with one attached hydrogen (secondary N) is 1. The number of aromatic nitrogens is 2. The molecule has 1 aromatic heterocycles. The highest BCUT2D eigenvalue weighted by Crippen LogP contribution is 2.17. The molecule has 1 N–H and O–H groups in total. The molecule has 82 valence electrons. The number of methoxy groups -OCH3 is 1. The van der Waals surface area contributed by atoms with Gasteiger partial charge in [-0.1, -0.05) is 11.8 Å². The highest BCUT2D eigenvalue weighted by atomic mass is 32.2. The minimum atomic E-state index is -0.220. The van der Waals surface area contributed by atoms with Crippen molar-refractivity contribution in [3.63, 3.8) is 0 Å². The Labute approximate surface area is 92.6 Å². The monoisotopic (exact) mass is 227 g/mol. The second kappa shape index (κ2) is 5.55. The van der Waals surface area contributed by atoms with Crippen LogP contribution in [-0.2, 0) is 0 Å². The van der Waals surface area contributed by atoms with Crippen molar-refractivity contribution in [3.05, 3.63) is 11.8 Å².